The first-order chi connectivity index (χ1) is 9.49. The van der Waals surface area contributed by atoms with Crippen LogP contribution in [-0.4, -0.2) is 31.0 Å². The van der Waals surface area contributed by atoms with Crippen molar-refractivity contribution in [3.05, 3.63) is 32.3 Å². The number of nitro groups is 1. The molecule has 0 spiro atoms. The molecule has 0 saturated heterocycles. The number of hydrogen-bond donors (Lipinski definition) is 0. The zero-order valence-electron chi connectivity index (χ0n) is 11.7. The van der Waals surface area contributed by atoms with Crippen molar-refractivity contribution in [2.75, 3.05) is 19.8 Å². The Morgan fingerprint density at radius 3 is 2.40 bits per heavy atom. The molecule has 20 heavy (non-hydrogen) atoms. The van der Waals surface area contributed by atoms with Gasteiger partial charge in [0.1, 0.15) is 6.61 Å². The minimum Gasteiger partial charge on any atom is -0.481 e. The van der Waals surface area contributed by atoms with E-state index in [1.807, 2.05) is 13.8 Å². The Labute approximate surface area is 126 Å². The van der Waals surface area contributed by atoms with E-state index < -0.39 is 11.2 Å². The Hall–Kier alpha value is -1.18. The molecular weight excluding hydrogens is 330 g/mol. The van der Waals surface area contributed by atoms with Crippen LogP contribution in [0.2, 0.25) is 0 Å². The van der Waals surface area contributed by atoms with E-state index in [9.17, 15) is 10.1 Å². The van der Waals surface area contributed by atoms with E-state index in [1.54, 1.807) is 13.0 Å². The number of nitro benzene ring substituents is 1. The molecule has 0 fully saturated rings. The summed E-state index contributed by atoms with van der Waals surface area (Å²) in [6, 6.07) is 3.18. The summed E-state index contributed by atoms with van der Waals surface area (Å²) in [5.74, 6) is 0.239. The van der Waals surface area contributed by atoms with Crippen molar-refractivity contribution in [3.63, 3.8) is 0 Å². The first-order valence-corrected chi connectivity index (χ1v) is 7.09. The van der Waals surface area contributed by atoms with Crippen molar-refractivity contribution >= 4 is 21.6 Å². The summed E-state index contributed by atoms with van der Waals surface area (Å²) in [6.45, 7) is 6.51. The minimum absolute atomic E-state index is 0.0800. The normalized spacial score (nSPS) is 10.8. The summed E-state index contributed by atoms with van der Waals surface area (Å²) in [5.41, 5.74) is 0.599. The van der Waals surface area contributed by atoms with E-state index in [4.69, 9.17) is 14.2 Å². The van der Waals surface area contributed by atoms with Gasteiger partial charge in [-0.1, -0.05) is 15.9 Å². The molecule has 1 rings (SSSR count). The first kappa shape index (κ1) is 16.9. The highest BCUT2D eigenvalue weighted by molar-refractivity contribution is 9.10. The van der Waals surface area contributed by atoms with Gasteiger partial charge >= 0.3 is 5.69 Å². The van der Waals surface area contributed by atoms with Gasteiger partial charge in [-0.15, -0.1) is 0 Å². The van der Waals surface area contributed by atoms with Gasteiger partial charge in [-0.25, -0.2) is 0 Å². The maximum atomic E-state index is 11.1. The van der Waals surface area contributed by atoms with Crippen LogP contribution in [0.4, 0.5) is 5.69 Å². The molecule has 0 aromatic heterocycles. The van der Waals surface area contributed by atoms with Crippen molar-refractivity contribution in [2.24, 2.45) is 0 Å². The van der Waals surface area contributed by atoms with Crippen LogP contribution in [0.5, 0.6) is 5.75 Å². The summed E-state index contributed by atoms with van der Waals surface area (Å²) in [4.78, 5) is 10.6. The fourth-order valence-corrected chi connectivity index (χ4v) is 2.26. The average molecular weight is 348 g/mol. The Balaban J connectivity index is 2.88. The van der Waals surface area contributed by atoms with Crippen molar-refractivity contribution < 1.29 is 19.1 Å². The van der Waals surface area contributed by atoms with Gasteiger partial charge in [0.25, 0.3) is 0 Å². The monoisotopic (exact) mass is 347 g/mol. The van der Waals surface area contributed by atoms with E-state index in [2.05, 4.69) is 15.9 Å². The smallest absolute Gasteiger partial charge is 0.312 e. The summed E-state index contributed by atoms with van der Waals surface area (Å²) in [6.07, 6.45) is -0.535. The molecule has 0 saturated carbocycles. The fourth-order valence-electron chi connectivity index (χ4n) is 1.70. The summed E-state index contributed by atoms with van der Waals surface area (Å²) < 4.78 is 16.9. The lowest BCUT2D eigenvalue weighted by atomic mass is 10.2. The van der Waals surface area contributed by atoms with Crippen LogP contribution < -0.4 is 4.74 Å². The lowest BCUT2D eigenvalue weighted by molar-refractivity contribution is -0.386. The van der Waals surface area contributed by atoms with Gasteiger partial charge in [0.15, 0.2) is 12.0 Å². The molecule has 0 heterocycles. The van der Waals surface area contributed by atoms with Crippen LogP contribution >= 0.6 is 15.9 Å². The molecule has 0 amide bonds. The van der Waals surface area contributed by atoms with Crippen molar-refractivity contribution in [1.29, 1.82) is 0 Å². The molecule has 0 bridgehead atoms. The molecule has 112 valence electrons. The van der Waals surface area contributed by atoms with Gasteiger partial charge in [-0.3, -0.25) is 10.1 Å². The number of ether oxygens (including phenoxy) is 3. The maximum absolute atomic E-state index is 11.1. The minimum atomic E-state index is -0.535. The lowest BCUT2D eigenvalue weighted by Gasteiger charge is -2.18. The Morgan fingerprint density at radius 2 is 1.90 bits per heavy atom. The van der Waals surface area contributed by atoms with Crippen molar-refractivity contribution in [2.45, 2.75) is 27.1 Å². The van der Waals surface area contributed by atoms with Gasteiger partial charge < -0.3 is 14.2 Å². The fraction of sp³-hybridized carbons (Fsp3) is 0.538. The van der Waals surface area contributed by atoms with Gasteiger partial charge in [-0.05, 0) is 32.4 Å². The number of aryl methyl sites for hydroxylation is 1. The summed E-state index contributed by atoms with van der Waals surface area (Å²) >= 11 is 3.24. The van der Waals surface area contributed by atoms with Crippen molar-refractivity contribution in [1.82, 2.24) is 0 Å². The van der Waals surface area contributed by atoms with Crippen LogP contribution in [0, 0.1) is 17.0 Å². The molecule has 0 aliphatic heterocycles. The lowest BCUT2D eigenvalue weighted by Crippen LogP contribution is -2.25. The number of nitrogens with zero attached hydrogens (tertiary/aromatic N) is 1. The Morgan fingerprint density at radius 1 is 1.30 bits per heavy atom. The first-order valence-electron chi connectivity index (χ1n) is 6.30. The second-order valence-corrected chi connectivity index (χ2v) is 4.89. The predicted octanol–water partition coefficient (Wildman–Crippen LogP) is 3.44. The molecule has 0 aliphatic carbocycles. The third kappa shape index (κ3) is 4.73. The molecular formula is C13H18BrNO5. The Bertz CT molecular complexity index is 460. The van der Waals surface area contributed by atoms with E-state index >= 15 is 0 Å². The number of hydrogen-bond acceptors (Lipinski definition) is 5. The maximum Gasteiger partial charge on any atom is 0.312 e. The second-order valence-electron chi connectivity index (χ2n) is 3.98. The molecule has 7 heteroatoms. The molecule has 0 atom stereocenters. The number of benzene rings is 1. The highest BCUT2D eigenvalue weighted by Crippen LogP contribution is 2.34. The highest BCUT2D eigenvalue weighted by atomic mass is 79.9. The quantitative estimate of drug-likeness (QED) is 0.409. The molecule has 6 nitrogen and oxygen atoms in total. The zero-order valence-corrected chi connectivity index (χ0v) is 13.3. The zero-order chi connectivity index (χ0) is 15.1. The van der Waals surface area contributed by atoms with E-state index in [0.717, 1.165) is 0 Å². The van der Waals surface area contributed by atoms with Crippen LogP contribution in [0.25, 0.3) is 0 Å². The van der Waals surface area contributed by atoms with Crippen LogP contribution in [0.15, 0.2) is 16.6 Å². The second kappa shape index (κ2) is 8.18. The third-order valence-electron chi connectivity index (χ3n) is 2.49. The van der Waals surface area contributed by atoms with Crippen LogP contribution in [0.3, 0.4) is 0 Å². The Kier molecular flexibility index (Phi) is 6.90. The molecule has 0 radical (unpaired) electrons. The van der Waals surface area contributed by atoms with Crippen LogP contribution in [-0.2, 0) is 9.47 Å². The molecule has 0 aliphatic rings. The van der Waals surface area contributed by atoms with Crippen molar-refractivity contribution in [3.8, 4) is 5.75 Å². The molecule has 1 aromatic carbocycles. The largest absolute Gasteiger partial charge is 0.481 e. The predicted molar refractivity (Wildman–Crippen MR) is 78.1 cm³/mol. The number of rotatable bonds is 8. The van der Waals surface area contributed by atoms with Gasteiger partial charge in [0, 0.05) is 23.8 Å². The van der Waals surface area contributed by atoms with Gasteiger partial charge in [-0.2, -0.15) is 0 Å². The third-order valence-corrected chi connectivity index (χ3v) is 2.94. The molecule has 0 unspecified atom stereocenters. The summed E-state index contributed by atoms with van der Waals surface area (Å²) in [7, 11) is 0. The highest BCUT2D eigenvalue weighted by Gasteiger charge is 2.20. The SMILES string of the molecule is CCOC(COc1c(C)cc(Br)cc1[N+](=O)[O-])OCC. The van der Waals surface area contributed by atoms with Gasteiger partial charge in [0.2, 0.25) is 0 Å². The van der Waals surface area contributed by atoms with E-state index in [1.165, 1.54) is 6.07 Å². The molecule has 1 aromatic rings. The summed E-state index contributed by atoms with van der Waals surface area (Å²) in [5, 5.41) is 11.1. The molecule has 0 N–H and O–H groups in total. The van der Waals surface area contributed by atoms with Crippen LogP contribution in [0.1, 0.15) is 19.4 Å². The van der Waals surface area contributed by atoms with Gasteiger partial charge in [0.05, 0.1) is 4.92 Å². The van der Waals surface area contributed by atoms with E-state index in [-0.39, 0.29) is 18.0 Å². The van der Waals surface area contributed by atoms with E-state index in [0.29, 0.717) is 23.2 Å². The average Bonchev–Trinajstić information content (AvgIpc) is 2.37. The number of halogens is 1. The topological polar surface area (TPSA) is 70.8 Å². The standard InChI is InChI=1S/C13H18BrNO5/c1-4-18-12(19-5-2)8-20-13-9(3)6-10(14)7-11(13)15(16)17/h6-7,12H,4-5,8H2,1-3H3.